The van der Waals surface area contributed by atoms with Crippen molar-refractivity contribution in [3.63, 3.8) is 0 Å². The molecule has 1 nitrogen and oxygen atoms in total. The number of halogens is 2. The fourth-order valence-electron chi connectivity index (χ4n) is 1.66. The van der Waals surface area contributed by atoms with Gasteiger partial charge in [-0.05, 0) is 49.9 Å². The van der Waals surface area contributed by atoms with Gasteiger partial charge in [-0.25, -0.2) is 4.39 Å². The van der Waals surface area contributed by atoms with Gasteiger partial charge in [0, 0.05) is 6.04 Å². The summed E-state index contributed by atoms with van der Waals surface area (Å²) in [5.74, 6) is -0.354. The molecule has 1 aliphatic rings. The van der Waals surface area contributed by atoms with Crippen LogP contribution in [0.1, 0.15) is 24.8 Å². The lowest BCUT2D eigenvalue weighted by Crippen LogP contribution is -2.16. The predicted octanol–water partition coefficient (Wildman–Crippen LogP) is 3.72. The van der Waals surface area contributed by atoms with E-state index in [1.165, 1.54) is 18.9 Å². The van der Waals surface area contributed by atoms with Gasteiger partial charge in [0.25, 0.3) is 0 Å². The molecule has 0 spiro atoms. The lowest BCUT2D eigenvalue weighted by atomic mass is 10.1. The molecule has 0 bridgehead atoms. The van der Waals surface area contributed by atoms with Crippen LogP contribution >= 0.6 is 11.6 Å². The highest BCUT2D eigenvalue weighted by atomic mass is 35.5. The van der Waals surface area contributed by atoms with E-state index in [1.54, 1.807) is 12.1 Å². The average Bonchev–Trinajstić information content (AvgIpc) is 3.12. The van der Waals surface area contributed by atoms with Crippen LogP contribution in [-0.4, -0.2) is 12.6 Å². The molecular formula is C14H17ClFN. The van der Waals surface area contributed by atoms with Crippen molar-refractivity contribution in [3.8, 4) is 0 Å². The Morgan fingerprint density at radius 3 is 2.88 bits per heavy atom. The third kappa shape index (κ3) is 4.49. The fraction of sp³-hybridized carbons (Fsp3) is 0.429. The highest BCUT2D eigenvalue weighted by Crippen LogP contribution is 2.18. The summed E-state index contributed by atoms with van der Waals surface area (Å²) in [5.41, 5.74) is 1.04. The van der Waals surface area contributed by atoms with Crippen LogP contribution in [0.25, 0.3) is 0 Å². The van der Waals surface area contributed by atoms with Crippen LogP contribution in [0.15, 0.2) is 30.4 Å². The molecule has 0 aromatic heterocycles. The first-order chi connectivity index (χ1) is 8.25. The Hall–Kier alpha value is -0.860. The second-order valence-electron chi connectivity index (χ2n) is 4.44. The molecule has 0 amide bonds. The summed E-state index contributed by atoms with van der Waals surface area (Å²) in [6.07, 6.45) is 8.79. The zero-order valence-electron chi connectivity index (χ0n) is 9.76. The van der Waals surface area contributed by atoms with Crippen molar-refractivity contribution in [1.82, 2.24) is 5.32 Å². The van der Waals surface area contributed by atoms with Crippen molar-refractivity contribution in [2.24, 2.45) is 0 Å². The van der Waals surface area contributed by atoms with Crippen LogP contribution < -0.4 is 5.32 Å². The monoisotopic (exact) mass is 253 g/mol. The van der Waals surface area contributed by atoms with Crippen molar-refractivity contribution in [2.75, 3.05) is 6.54 Å². The summed E-state index contributed by atoms with van der Waals surface area (Å²) in [6.45, 7) is 1.05. The minimum Gasteiger partial charge on any atom is -0.314 e. The molecule has 1 fully saturated rings. The highest BCUT2D eigenvalue weighted by molar-refractivity contribution is 6.30. The standard InChI is InChI=1S/C14H17ClFN/c15-13-10-11(5-8-14(13)16)4-2-1-3-9-17-12-6-7-12/h1-2,5,8,10,12,17H,3-4,6-7,9H2/b2-1+. The van der Waals surface area contributed by atoms with Crippen LogP contribution in [0.5, 0.6) is 0 Å². The number of benzene rings is 1. The Bertz CT molecular complexity index is 399. The Morgan fingerprint density at radius 2 is 2.18 bits per heavy atom. The fourth-order valence-corrected chi connectivity index (χ4v) is 1.87. The first kappa shape index (κ1) is 12.6. The molecule has 0 unspecified atom stereocenters. The van der Waals surface area contributed by atoms with E-state index in [0.717, 1.165) is 31.0 Å². The molecule has 1 aliphatic carbocycles. The number of allylic oxidation sites excluding steroid dienone is 1. The lowest BCUT2D eigenvalue weighted by Gasteiger charge is -1.99. The summed E-state index contributed by atoms with van der Waals surface area (Å²) in [5, 5.41) is 3.65. The van der Waals surface area contributed by atoms with Gasteiger partial charge in [0.15, 0.2) is 0 Å². The maximum atomic E-state index is 12.9. The van der Waals surface area contributed by atoms with E-state index in [0.29, 0.717) is 0 Å². The van der Waals surface area contributed by atoms with E-state index in [4.69, 9.17) is 11.6 Å². The number of nitrogens with one attached hydrogen (secondary N) is 1. The molecule has 0 atom stereocenters. The maximum Gasteiger partial charge on any atom is 0.141 e. The van der Waals surface area contributed by atoms with Gasteiger partial charge >= 0.3 is 0 Å². The van der Waals surface area contributed by atoms with E-state index >= 15 is 0 Å². The van der Waals surface area contributed by atoms with Crippen LogP contribution in [0.3, 0.4) is 0 Å². The van der Waals surface area contributed by atoms with E-state index in [1.807, 2.05) is 0 Å². The van der Waals surface area contributed by atoms with E-state index < -0.39 is 0 Å². The average molecular weight is 254 g/mol. The molecule has 0 heterocycles. The highest BCUT2D eigenvalue weighted by Gasteiger charge is 2.19. The second kappa shape index (κ2) is 6.18. The Labute approximate surface area is 107 Å². The summed E-state index contributed by atoms with van der Waals surface area (Å²) < 4.78 is 12.9. The molecule has 1 saturated carbocycles. The topological polar surface area (TPSA) is 12.0 Å². The van der Waals surface area contributed by atoms with Gasteiger partial charge in [-0.15, -0.1) is 0 Å². The van der Waals surface area contributed by atoms with E-state index in [-0.39, 0.29) is 10.8 Å². The van der Waals surface area contributed by atoms with E-state index in [9.17, 15) is 4.39 Å². The number of hydrogen-bond donors (Lipinski definition) is 1. The molecule has 1 N–H and O–H groups in total. The molecule has 0 radical (unpaired) electrons. The molecule has 2 rings (SSSR count). The molecule has 92 valence electrons. The predicted molar refractivity (Wildman–Crippen MR) is 69.9 cm³/mol. The van der Waals surface area contributed by atoms with Crippen molar-refractivity contribution in [3.05, 3.63) is 46.8 Å². The quantitative estimate of drug-likeness (QED) is 0.602. The SMILES string of the molecule is Fc1ccc(C/C=C/CCNC2CC2)cc1Cl. The van der Waals surface area contributed by atoms with Gasteiger partial charge < -0.3 is 5.32 Å². The summed E-state index contributed by atoms with van der Waals surface area (Å²) in [6, 6.07) is 5.65. The molecule has 0 saturated heterocycles. The van der Waals surface area contributed by atoms with Gasteiger partial charge in [0.1, 0.15) is 5.82 Å². The van der Waals surface area contributed by atoms with Crippen LogP contribution in [0.2, 0.25) is 5.02 Å². The molecule has 3 heteroatoms. The van der Waals surface area contributed by atoms with Gasteiger partial charge in [-0.1, -0.05) is 29.8 Å². The lowest BCUT2D eigenvalue weighted by molar-refractivity contribution is 0.627. The summed E-state index contributed by atoms with van der Waals surface area (Å²) in [7, 11) is 0. The number of rotatable bonds is 6. The largest absolute Gasteiger partial charge is 0.314 e. The number of hydrogen-bond acceptors (Lipinski definition) is 1. The molecule has 17 heavy (non-hydrogen) atoms. The van der Waals surface area contributed by atoms with Crippen LogP contribution in [0.4, 0.5) is 4.39 Å². The van der Waals surface area contributed by atoms with Crippen molar-refractivity contribution in [1.29, 1.82) is 0 Å². The van der Waals surface area contributed by atoms with Gasteiger partial charge in [0.2, 0.25) is 0 Å². The molecular weight excluding hydrogens is 237 g/mol. The van der Waals surface area contributed by atoms with E-state index in [2.05, 4.69) is 17.5 Å². The first-order valence-electron chi connectivity index (χ1n) is 6.08. The van der Waals surface area contributed by atoms with Crippen molar-refractivity contribution < 1.29 is 4.39 Å². The smallest absolute Gasteiger partial charge is 0.141 e. The zero-order valence-corrected chi connectivity index (χ0v) is 10.5. The first-order valence-corrected chi connectivity index (χ1v) is 6.46. The zero-order chi connectivity index (χ0) is 12.1. The van der Waals surface area contributed by atoms with Gasteiger partial charge in [-0.3, -0.25) is 0 Å². The maximum absolute atomic E-state index is 12.9. The Balaban J connectivity index is 1.68. The normalized spacial score (nSPS) is 15.6. The minimum absolute atomic E-state index is 0.200. The van der Waals surface area contributed by atoms with Gasteiger partial charge in [-0.2, -0.15) is 0 Å². The second-order valence-corrected chi connectivity index (χ2v) is 4.85. The Kier molecular flexibility index (Phi) is 4.57. The molecule has 0 aliphatic heterocycles. The summed E-state index contributed by atoms with van der Waals surface area (Å²) >= 11 is 5.71. The van der Waals surface area contributed by atoms with Crippen LogP contribution in [-0.2, 0) is 6.42 Å². The minimum atomic E-state index is -0.354. The Morgan fingerprint density at radius 1 is 1.35 bits per heavy atom. The third-order valence-electron chi connectivity index (χ3n) is 2.83. The van der Waals surface area contributed by atoms with Crippen molar-refractivity contribution in [2.45, 2.75) is 31.7 Å². The molecule has 1 aromatic carbocycles. The van der Waals surface area contributed by atoms with Crippen molar-refractivity contribution >= 4 is 11.6 Å². The third-order valence-corrected chi connectivity index (χ3v) is 3.12. The van der Waals surface area contributed by atoms with Crippen LogP contribution in [0, 0.1) is 5.82 Å². The summed E-state index contributed by atoms with van der Waals surface area (Å²) in [4.78, 5) is 0. The molecule has 1 aromatic rings. The van der Waals surface area contributed by atoms with Gasteiger partial charge in [0.05, 0.1) is 5.02 Å².